The molecule has 3 aromatic rings. The fourth-order valence-electron chi connectivity index (χ4n) is 2.36. The van der Waals surface area contributed by atoms with E-state index in [0.29, 0.717) is 16.7 Å². The third kappa shape index (κ3) is 2.84. The number of ether oxygens (including phenoxy) is 1. The number of fused-ring (bicyclic) bond motifs is 1. The van der Waals surface area contributed by atoms with Crippen molar-refractivity contribution in [2.24, 2.45) is 0 Å². The van der Waals surface area contributed by atoms with Gasteiger partial charge >= 0.3 is 0 Å². The Kier molecular flexibility index (Phi) is 4.27. The van der Waals surface area contributed by atoms with Gasteiger partial charge in [-0.2, -0.15) is 5.26 Å². The maximum absolute atomic E-state index is 12.6. The molecule has 0 fully saturated rings. The van der Waals surface area contributed by atoms with E-state index >= 15 is 0 Å². The van der Waals surface area contributed by atoms with Crippen LogP contribution in [0, 0.1) is 23.2 Å². The Morgan fingerprint density at radius 3 is 2.71 bits per heavy atom. The van der Waals surface area contributed by atoms with Crippen LogP contribution in [0.25, 0.3) is 10.9 Å². The molecule has 2 aromatic carbocycles. The molecule has 116 valence electrons. The van der Waals surface area contributed by atoms with Gasteiger partial charge in [0, 0.05) is 0 Å². The zero-order chi connectivity index (χ0) is 16.9. The number of hydrogen-bond donors (Lipinski definition) is 0. The van der Waals surface area contributed by atoms with Crippen molar-refractivity contribution in [1.82, 2.24) is 9.55 Å². The normalized spacial score (nSPS) is 9.83. The van der Waals surface area contributed by atoms with E-state index in [0.717, 1.165) is 5.56 Å². The molecule has 5 nitrogen and oxygen atoms in total. The largest absolute Gasteiger partial charge is 0.495 e. The summed E-state index contributed by atoms with van der Waals surface area (Å²) in [6, 6.07) is 16.3. The Balaban J connectivity index is 2.03. The van der Waals surface area contributed by atoms with Gasteiger partial charge < -0.3 is 4.74 Å². The Hall–Kier alpha value is -3.57. The summed E-state index contributed by atoms with van der Waals surface area (Å²) in [4.78, 5) is 16.8. The molecule has 0 aliphatic rings. The Morgan fingerprint density at radius 1 is 1.17 bits per heavy atom. The van der Waals surface area contributed by atoms with Crippen molar-refractivity contribution in [1.29, 1.82) is 5.26 Å². The first kappa shape index (κ1) is 15.3. The summed E-state index contributed by atoms with van der Waals surface area (Å²) >= 11 is 0. The Labute approximate surface area is 138 Å². The molecule has 24 heavy (non-hydrogen) atoms. The second kappa shape index (κ2) is 6.68. The summed E-state index contributed by atoms with van der Waals surface area (Å²) in [5, 5.41) is 9.73. The number of aromatic nitrogens is 2. The average Bonchev–Trinajstić information content (AvgIpc) is 2.63. The van der Waals surface area contributed by atoms with Gasteiger partial charge in [0.25, 0.3) is 5.56 Å². The van der Waals surface area contributed by atoms with Crippen molar-refractivity contribution >= 4 is 10.9 Å². The predicted molar refractivity (Wildman–Crippen MR) is 90.6 cm³/mol. The van der Waals surface area contributed by atoms with E-state index in [1.807, 2.05) is 30.3 Å². The summed E-state index contributed by atoms with van der Waals surface area (Å²) in [6.45, 7) is 0.0810. The number of nitriles is 1. The molecule has 3 rings (SSSR count). The number of para-hydroxylation sites is 2. The summed E-state index contributed by atoms with van der Waals surface area (Å²) < 4.78 is 6.52. The molecule has 0 saturated carbocycles. The molecule has 5 heteroatoms. The van der Waals surface area contributed by atoms with Crippen LogP contribution in [0.3, 0.4) is 0 Å². The van der Waals surface area contributed by atoms with Gasteiger partial charge in [-0.3, -0.25) is 9.36 Å². The monoisotopic (exact) mass is 315 g/mol. The van der Waals surface area contributed by atoms with E-state index in [1.165, 1.54) is 4.57 Å². The Morgan fingerprint density at radius 2 is 1.92 bits per heavy atom. The number of methoxy groups -OCH3 is 1. The topological polar surface area (TPSA) is 67.9 Å². The highest BCUT2D eigenvalue weighted by Gasteiger charge is 2.09. The molecule has 0 radical (unpaired) electrons. The third-order valence-electron chi connectivity index (χ3n) is 3.53. The number of hydrogen-bond acceptors (Lipinski definition) is 4. The summed E-state index contributed by atoms with van der Waals surface area (Å²) in [6.07, 6.45) is 0. The molecule has 0 atom stereocenters. The highest BCUT2D eigenvalue weighted by atomic mass is 16.5. The lowest BCUT2D eigenvalue weighted by atomic mass is 10.2. The van der Waals surface area contributed by atoms with Gasteiger partial charge in [-0.25, -0.2) is 4.98 Å². The third-order valence-corrected chi connectivity index (χ3v) is 3.53. The fraction of sp³-hybridized carbons (Fsp3) is 0.105. The highest BCUT2D eigenvalue weighted by Crippen LogP contribution is 2.15. The van der Waals surface area contributed by atoms with Gasteiger partial charge in [0.1, 0.15) is 11.8 Å². The van der Waals surface area contributed by atoms with E-state index in [2.05, 4.69) is 16.8 Å². The zero-order valence-corrected chi connectivity index (χ0v) is 13.0. The minimum absolute atomic E-state index is 0.0491. The van der Waals surface area contributed by atoms with E-state index in [4.69, 9.17) is 4.74 Å². The van der Waals surface area contributed by atoms with Crippen LogP contribution >= 0.6 is 0 Å². The zero-order valence-electron chi connectivity index (χ0n) is 13.0. The Bertz CT molecular complexity index is 1070. The second-order valence-electron chi connectivity index (χ2n) is 4.96. The van der Waals surface area contributed by atoms with Gasteiger partial charge in [-0.15, -0.1) is 0 Å². The smallest absolute Gasteiger partial charge is 0.263 e. The maximum atomic E-state index is 12.6. The molecule has 0 N–H and O–H groups in total. The van der Waals surface area contributed by atoms with Crippen molar-refractivity contribution in [2.75, 3.05) is 7.11 Å². The molecular weight excluding hydrogens is 302 g/mol. The van der Waals surface area contributed by atoms with Gasteiger partial charge in [-0.05, 0) is 24.3 Å². The highest BCUT2D eigenvalue weighted by molar-refractivity contribution is 5.77. The van der Waals surface area contributed by atoms with Crippen LogP contribution in [0.15, 0.2) is 53.3 Å². The van der Waals surface area contributed by atoms with Crippen molar-refractivity contribution in [2.45, 2.75) is 6.54 Å². The van der Waals surface area contributed by atoms with Crippen LogP contribution in [0.1, 0.15) is 11.4 Å². The lowest BCUT2D eigenvalue weighted by Crippen LogP contribution is -2.23. The fourth-order valence-corrected chi connectivity index (χ4v) is 2.36. The first-order valence-corrected chi connectivity index (χ1v) is 7.26. The molecule has 0 amide bonds. The van der Waals surface area contributed by atoms with Gasteiger partial charge in [0.05, 0.1) is 30.1 Å². The van der Waals surface area contributed by atoms with E-state index in [1.54, 1.807) is 31.4 Å². The van der Waals surface area contributed by atoms with Crippen molar-refractivity contribution in [3.8, 4) is 23.7 Å². The molecule has 0 saturated heterocycles. The first-order chi connectivity index (χ1) is 11.7. The molecular formula is C19H13N3O2. The maximum Gasteiger partial charge on any atom is 0.263 e. The summed E-state index contributed by atoms with van der Waals surface area (Å²) in [7, 11) is 1.58. The minimum atomic E-state index is -0.272. The standard InChI is InChI=1S/C19H13N3O2/c1-24-17-11-5-2-7-14(17)8-6-12-22-18(13-20)21-16-10-4-3-9-15(16)19(22)23/h2-5,7,9-11H,12H2,1H3. The molecule has 0 aliphatic heterocycles. The van der Waals surface area contributed by atoms with Gasteiger partial charge in [-0.1, -0.05) is 36.1 Å². The lowest BCUT2D eigenvalue weighted by molar-refractivity contribution is 0.413. The molecule has 0 spiro atoms. The second-order valence-corrected chi connectivity index (χ2v) is 4.96. The first-order valence-electron chi connectivity index (χ1n) is 7.26. The van der Waals surface area contributed by atoms with Crippen LogP contribution in [-0.2, 0) is 6.54 Å². The molecule has 0 bridgehead atoms. The predicted octanol–water partition coefficient (Wildman–Crippen LogP) is 2.33. The minimum Gasteiger partial charge on any atom is -0.495 e. The molecule has 0 unspecified atom stereocenters. The number of nitrogens with zero attached hydrogens (tertiary/aromatic N) is 3. The molecule has 1 aromatic heterocycles. The van der Waals surface area contributed by atoms with Gasteiger partial charge in [0.15, 0.2) is 0 Å². The summed E-state index contributed by atoms with van der Waals surface area (Å²) in [5.74, 6) is 6.59. The van der Waals surface area contributed by atoms with Crippen molar-refractivity contribution < 1.29 is 4.74 Å². The number of rotatable bonds is 2. The van der Waals surface area contributed by atoms with Crippen LogP contribution in [0.2, 0.25) is 0 Å². The SMILES string of the molecule is COc1ccccc1C#CCn1c(C#N)nc2ccccc2c1=O. The lowest BCUT2D eigenvalue weighted by Gasteiger charge is -2.05. The van der Waals surface area contributed by atoms with Crippen molar-refractivity contribution in [3.63, 3.8) is 0 Å². The van der Waals surface area contributed by atoms with Crippen LogP contribution in [0.5, 0.6) is 5.75 Å². The van der Waals surface area contributed by atoms with E-state index < -0.39 is 0 Å². The number of benzene rings is 2. The van der Waals surface area contributed by atoms with Crippen LogP contribution < -0.4 is 10.3 Å². The van der Waals surface area contributed by atoms with Crippen molar-refractivity contribution in [3.05, 3.63) is 70.3 Å². The van der Waals surface area contributed by atoms with E-state index in [9.17, 15) is 10.1 Å². The van der Waals surface area contributed by atoms with Crippen LogP contribution in [0.4, 0.5) is 0 Å². The van der Waals surface area contributed by atoms with Crippen LogP contribution in [-0.4, -0.2) is 16.7 Å². The quantitative estimate of drug-likeness (QED) is 0.681. The van der Waals surface area contributed by atoms with Gasteiger partial charge in [0.2, 0.25) is 5.82 Å². The molecule has 1 heterocycles. The van der Waals surface area contributed by atoms with E-state index in [-0.39, 0.29) is 17.9 Å². The molecule has 0 aliphatic carbocycles. The summed E-state index contributed by atoms with van der Waals surface area (Å²) in [5.41, 5.74) is 0.958. The average molecular weight is 315 g/mol.